The number of ether oxygens (including phenoxy) is 2. The highest BCUT2D eigenvalue weighted by Gasteiger charge is 2.20. The zero-order valence-corrected chi connectivity index (χ0v) is 12.5. The molecule has 4 nitrogen and oxygen atoms in total. The summed E-state index contributed by atoms with van der Waals surface area (Å²) >= 11 is 0. The third kappa shape index (κ3) is 3.15. The molecule has 1 aromatic heterocycles. The summed E-state index contributed by atoms with van der Waals surface area (Å²) in [6.07, 6.45) is 4.77. The Labute approximate surface area is 125 Å². The Hall–Kier alpha value is -2.10. The number of benzene rings is 1. The highest BCUT2D eigenvalue weighted by Crippen LogP contribution is 2.31. The molecule has 0 radical (unpaired) electrons. The molecule has 0 aliphatic carbocycles. The molecule has 1 aliphatic rings. The second-order valence-corrected chi connectivity index (χ2v) is 5.28. The second kappa shape index (κ2) is 6.12. The fourth-order valence-corrected chi connectivity index (χ4v) is 2.56. The summed E-state index contributed by atoms with van der Waals surface area (Å²) in [5.74, 6) is 2.50. The number of aryl methyl sites for hydroxylation is 3. The summed E-state index contributed by atoms with van der Waals surface area (Å²) in [5, 5.41) is 0. The van der Waals surface area contributed by atoms with Crippen LogP contribution in [0, 0.1) is 6.92 Å². The van der Waals surface area contributed by atoms with Gasteiger partial charge >= 0.3 is 0 Å². The van der Waals surface area contributed by atoms with Crippen molar-refractivity contribution >= 4 is 0 Å². The predicted molar refractivity (Wildman–Crippen MR) is 80.8 cm³/mol. The van der Waals surface area contributed by atoms with Crippen LogP contribution >= 0.6 is 0 Å². The van der Waals surface area contributed by atoms with Crippen molar-refractivity contribution in [1.29, 1.82) is 0 Å². The van der Waals surface area contributed by atoms with Crippen molar-refractivity contribution in [2.45, 2.75) is 39.2 Å². The molecule has 1 aliphatic heterocycles. The molecule has 0 saturated heterocycles. The van der Waals surface area contributed by atoms with Crippen molar-refractivity contribution in [1.82, 2.24) is 9.97 Å². The van der Waals surface area contributed by atoms with E-state index in [9.17, 15) is 0 Å². The van der Waals surface area contributed by atoms with E-state index in [1.165, 1.54) is 5.56 Å². The Morgan fingerprint density at radius 1 is 1.24 bits per heavy atom. The van der Waals surface area contributed by atoms with Gasteiger partial charge in [-0.1, -0.05) is 19.1 Å². The standard InChI is InChI=1S/C17H20N2O2/c1-3-13-10-18-12(2)19-15(13)9-8-14-11-20-16-6-4-5-7-17(16)21-14/h4-7,10,14H,3,8-9,11H2,1-2H3/t14-/m0/s1. The van der Waals surface area contributed by atoms with Crippen molar-refractivity contribution in [3.63, 3.8) is 0 Å². The maximum atomic E-state index is 5.99. The molecule has 0 unspecified atom stereocenters. The van der Waals surface area contributed by atoms with Gasteiger partial charge in [-0.05, 0) is 43.9 Å². The Kier molecular flexibility index (Phi) is 4.04. The summed E-state index contributed by atoms with van der Waals surface area (Å²) in [6, 6.07) is 7.82. The minimum atomic E-state index is 0.0832. The lowest BCUT2D eigenvalue weighted by molar-refractivity contribution is 0.0849. The largest absolute Gasteiger partial charge is 0.486 e. The van der Waals surface area contributed by atoms with Gasteiger partial charge in [-0.3, -0.25) is 0 Å². The van der Waals surface area contributed by atoms with Gasteiger partial charge in [-0.2, -0.15) is 0 Å². The quantitative estimate of drug-likeness (QED) is 0.865. The van der Waals surface area contributed by atoms with E-state index in [1.807, 2.05) is 37.4 Å². The molecule has 0 bridgehead atoms. The van der Waals surface area contributed by atoms with Crippen LogP contribution in [0.3, 0.4) is 0 Å². The van der Waals surface area contributed by atoms with Crippen LogP contribution in [0.15, 0.2) is 30.5 Å². The molecule has 0 saturated carbocycles. The molecular formula is C17H20N2O2. The number of fused-ring (bicyclic) bond motifs is 1. The molecule has 0 spiro atoms. The number of nitrogens with zero attached hydrogens (tertiary/aromatic N) is 2. The number of hydrogen-bond donors (Lipinski definition) is 0. The van der Waals surface area contributed by atoms with E-state index in [1.54, 1.807) is 0 Å². The third-order valence-corrected chi connectivity index (χ3v) is 3.73. The zero-order valence-electron chi connectivity index (χ0n) is 12.5. The van der Waals surface area contributed by atoms with Crippen molar-refractivity contribution in [3.8, 4) is 11.5 Å². The highest BCUT2D eigenvalue weighted by atomic mass is 16.6. The average molecular weight is 284 g/mol. The highest BCUT2D eigenvalue weighted by molar-refractivity contribution is 5.40. The minimum Gasteiger partial charge on any atom is -0.486 e. The minimum absolute atomic E-state index is 0.0832. The number of para-hydroxylation sites is 2. The Morgan fingerprint density at radius 2 is 2.05 bits per heavy atom. The fraction of sp³-hybridized carbons (Fsp3) is 0.412. The lowest BCUT2D eigenvalue weighted by Gasteiger charge is -2.26. The SMILES string of the molecule is CCc1cnc(C)nc1CC[C@H]1COc2ccccc2O1. The Bertz CT molecular complexity index is 628. The van der Waals surface area contributed by atoms with Gasteiger partial charge < -0.3 is 9.47 Å². The molecule has 2 heterocycles. The van der Waals surface area contributed by atoms with Gasteiger partial charge in [0.05, 0.1) is 0 Å². The lowest BCUT2D eigenvalue weighted by atomic mass is 10.1. The summed E-state index contributed by atoms with van der Waals surface area (Å²) in [7, 11) is 0. The maximum Gasteiger partial charge on any atom is 0.161 e. The molecule has 0 amide bonds. The molecule has 1 atom stereocenters. The van der Waals surface area contributed by atoms with E-state index in [-0.39, 0.29) is 6.10 Å². The summed E-state index contributed by atoms with van der Waals surface area (Å²) in [5.41, 5.74) is 2.35. The van der Waals surface area contributed by atoms with Crippen molar-refractivity contribution in [2.24, 2.45) is 0 Å². The fourth-order valence-electron chi connectivity index (χ4n) is 2.56. The first-order valence-corrected chi connectivity index (χ1v) is 7.46. The van der Waals surface area contributed by atoms with Crippen LogP contribution in [0.2, 0.25) is 0 Å². The first-order valence-electron chi connectivity index (χ1n) is 7.46. The molecule has 0 N–H and O–H groups in total. The van der Waals surface area contributed by atoms with Gasteiger partial charge in [0, 0.05) is 11.9 Å². The molecular weight excluding hydrogens is 264 g/mol. The van der Waals surface area contributed by atoms with Crippen LogP contribution < -0.4 is 9.47 Å². The van der Waals surface area contributed by atoms with Gasteiger partial charge in [-0.15, -0.1) is 0 Å². The maximum absolute atomic E-state index is 5.99. The normalized spacial score (nSPS) is 16.8. The third-order valence-electron chi connectivity index (χ3n) is 3.73. The van der Waals surface area contributed by atoms with Gasteiger partial charge in [0.25, 0.3) is 0 Å². The van der Waals surface area contributed by atoms with E-state index in [0.717, 1.165) is 42.3 Å². The van der Waals surface area contributed by atoms with Crippen molar-refractivity contribution in [2.75, 3.05) is 6.61 Å². The molecule has 2 aromatic rings. The van der Waals surface area contributed by atoms with Crippen LogP contribution in [0.4, 0.5) is 0 Å². The monoisotopic (exact) mass is 284 g/mol. The second-order valence-electron chi connectivity index (χ2n) is 5.28. The van der Waals surface area contributed by atoms with Crippen LogP contribution in [-0.2, 0) is 12.8 Å². The van der Waals surface area contributed by atoms with Crippen LogP contribution in [0.1, 0.15) is 30.4 Å². The summed E-state index contributed by atoms with van der Waals surface area (Å²) < 4.78 is 11.7. The number of hydrogen-bond acceptors (Lipinski definition) is 4. The van der Waals surface area contributed by atoms with E-state index < -0.39 is 0 Å². The summed E-state index contributed by atoms with van der Waals surface area (Å²) in [4.78, 5) is 8.83. The van der Waals surface area contributed by atoms with E-state index >= 15 is 0 Å². The topological polar surface area (TPSA) is 44.2 Å². The van der Waals surface area contributed by atoms with Crippen LogP contribution in [0.5, 0.6) is 11.5 Å². The van der Waals surface area contributed by atoms with E-state index in [2.05, 4.69) is 16.9 Å². The summed E-state index contributed by atoms with van der Waals surface area (Å²) in [6.45, 7) is 4.66. The van der Waals surface area contributed by atoms with Crippen molar-refractivity contribution < 1.29 is 9.47 Å². The molecule has 110 valence electrons. The van der Waals surface area contributed by atoms with Crippen LogP contribution in [0.25, 0.3) is 0 Å². The molecule has 21 heavy (non-hydrogen) atoms. The number of aromatic nitrogens is 2. The van der Waals surface area contributed by atoms with Gasteiger partial charge in [-0.25, -0.2) is 9.97 Å². The average Bonchev–Trinajstić information content (AvgIpc) is 2.53. The van der Waals surface area contributed by atoms with Gasteiger partial charge in [0.1, 0.15) is 18.5 Å². The first kappa shape index (κ1) is 13.9. The molecule has 3 rings (SSSR count). The van der Waals surface area contributed by atoms with E-state index in [0.29, 0.717) is 6.61 Å². The van der Waals surface area contributed by atoms with Gasteiger partial charge in [0.15, 0.2) is 11.5 Å². The first-order chi connectivity index (χ1) is 10.3. The zero-order chi connectivity index (χ0) is 14.7. The number of rotatable bonds is 4. The lowest BCUT2D eigenvalue weighted by Crippen LogP contribution is -2.29. The smallest absolute Gasteiger partial charge is 0.161 e. The molecule has 0 fully saturated rings. The van der Waals surface area contributed by atoms with Crippen LogP contribution in [-0.4, -0.2) is 22.7 Å². The Balaban J connectivity index is 1.65. The molecule has 1 aromatic carbocycles. The molecule has 4 heteroatoms. The van der Waals surface area contributed by atoms with E-state index in [4.69, 9.17) is 9.47 Å². The van der Waals surface area contributed by atoms with Crippen molar-refractivity contribution in [3.05, 3.63) is 47.5 Å². The van der Waals surface area contributed by atoms with Gasteiger partial charge in [0.2, 0.25) is 0 Å². The predicted octanol–water partition coefficient (Wildman–Crippen LogP) is 3.12. The Morgan fingerprint density at radius 3 is 2.86 bits per heavy atom.